The Kier molecular flexibility index (Phi) is 6.81. The molecule has 0 saturated carbocycles. The molecular weight excluding hydrogens is 335 g/mol. The number of benzene rings is 1. The number of esters is 2. The van der Waals surface area contributed by atoms with Crippen LogP contribution < -0.4 is 0 Å². The molecule has 1 rings (SSSR count). The molecule has 0 aliphatic heterocycles. The Labute approximate surface area is 136 Å². The molecule has 0 heterocycles. The summed E-state index contributed by atoms with van der Waals surface area (Å²) in [5, 5.41) is 17.5. The lowest BCUT2D eigenvalue weighted by atomic mass is 10.3. The summed E-state index contributed by atoms with van der Waals surface area (Å²) in [6.45, 7) is 0. The molecule has 1 N–H and O–H groups in total. The zero-order chi connectivity index (χ0) is 16.7. The van der Waals surface area contributed by atoms with E-state index in [1.807, 2.05) is 0 Å². The van der Waals surface area contributed by atoms with Gasteiger partial charge in [0, 0.05) is 0 Å². The predicted molar refractivity (Wildman–Crippen MR) is 79.3 cm³/mol. The summed E-state index contributed by atoms with van der Waals surface area (Å²) in [7, 11) is 2.23. The number of halogens is 2. The quantitative estimate of drug-likeness (QED) is 0.380. The minimum atomic E-state index is -0.978. The van der Waals surface area contributed by atoms with Crippen molar-refractivity contribution in [2.75, 3.05) is 14.2 Å². The number of azo groups is 1. The average Bonchev–Trinajstić information content (AvgIpc) is 2.49. The van der Waals surface area contributed by atoms with Crippen LogP contribution in [-0.4, -0.2) is 31.3 Å². The zero-order valence-electron chi connectivity index (χ0n) is 11.7. The molecule has 0 spiro atoms. The van der Waals surface area contributed by atoms with Crippen molar-refractivity contribution < 1.29 is 24.2 Å². The van der Waals surface area contributed by atoms with Crippen molar-refractivity contribution >= 4 is 40.8 Å². The number of hydrogen-bond donors (Lipinski definition) is 1. The van der Waals surface area contributed by atoms with Crippen LogP contribution in [0.5, 0.6) is 0 Å². The van der Waals surface area contributed by atoms with Crippen LogP contribution in [0.15, 0.2) is 39.9 Å². The summed E-state index contributed by atoms with van der Waals surface area (Å²) in [4.78, 5) is 22.7. The summed E-state index contributed by atoms with van der Waals surface area (Å²) in [6.07, 6.45) is -0.559. The molecule has 0 radical (unpaired) electrons. The lowest BCUT2D eigenvalue weighted by molar-refractivity contribution is -0.140. The van der Waals surface area contributed by atoms with E-state index in [1.54, 1.807) is 6.07 Å². The van der Waals surface area contributed by atoms with Gasteiger partial charge in [-0.2, -0.15) is 0 Å². The summed E-state index contributed by atoms with van der Waals surface area (Å²) in [5.74, 6) is -2.39. The minimum Gasteiger partial charge on any atom is -0.509 e. The highest BCUT2D eigenvalue weighted by atomic mass is 35.5. The second-order valence-corrected chi connectivity index (χ2v) is 4.62. The van der Waals surface area contributed by atoms with Gasteiger partial charge in [-0.3, -0.25) is 4.79 Å². The molecule has 0 fully saturated rings. The fraction of sp³-hybridized carbons (Fsp3) is 0.231. The molecular formula is C13H12Cl2N2O5. The van der Waals surface area contributed by atoms with Gasteiger partial charge in [0.15, 0.2) is 0 Å². The maximum atomic E-state index is 11.6. The molecule has 0 aromatic heterocycles. The highest BCUT2D eigenvalue weighted by Gasteiger charge is 2.19. The molecule has 0 aliphatic rings. The normalized spacial score (nSPS) is 12.0. The van der Waals surface area contributed by atoms with Crippen LogP contribution >= 0.6 is 23.2 Å². The fourth-order valence-electron chi connectivity index (χ4n) is 1.29. The lowest BCUT2D eigenvalue weighted by Crippen LogP contribution is -2.09. The molecule has 0 unspecified atom stereocenters. The third kappa shape index (κ3) is 4.71. The van der Waals surface area contributed by atoms with Crippen molar-refractivity contribution in [3.63, 3.8) is 0 Å². The summed E-state index contributed by atoms with van der Waals surface area (Å²) in [5.41, 5.74) is -0.443. The number of nitrogens with zero attached hydrogens (tertiary/aromatic N) is 2. The summed E-state index contributed by atoms with van der Waals surface area (Å²) < 4.78 is 8.85. The van der Waals surface area contributed by atoms with Gasteiger partial charge >= 0.3 is 11.9 Å². The number of methoxy groups -OCH3 is 2. The number of carbonyl (C=O) groups excluding carboxylic acids is 2. The minimum absolute atomic E-state index is 0.109. The molecule has 0 aliphatic carbocycles. The van der Waals surface area contributed by atoms with Crippen LogP contribution in [0.25, 0.3) is 0 Å². The Morgan fingerprint density at radius 2 is 1.77 bits per heavy atom. The first-order valence-corrected chi connectivity index (χ1v) is 6.59. The Bertz CT molecular complexity index is 623. The number of rotatable bonds is 5. The maximum Gasteiger partial charge on any atom is 0.362 e. The Morgan fingerprint density at radius 1 is 1.18 bits per heavy atom. The first kappa shape index (κ1) is 17.9. The second kappa shape index (κ2) is 8.35. The van der Waals surface area contributed by atoms with Crippen molar-refractivity contribution in [1.29, 1.82) is 0 Å². The van der Waals surface area contributed by atoms with Gasteiger partial charge in [-0.25, -0.2) is 4.79 Å². The van der Waals surface area contributed by atoms with Gasteiger partial charge in [0.25, 0.3) is 0 Å². The van der Waals surface area contributed by atoms with Gasteiger partial charge in [-0.15, -0.1) is 10.2 Å². The van der Waals surface area contributed by atoms with E-state index < -0.39 is 29.8 Å². The van der Waals surface area contributed by atoms with Gasteiger partial charge in [-0.1, -0.05) is 29.3 Å². The van der Waals surface area contributed by atoms with Crippen molar-refractivity contribution in [1.82, 2.24) is 0 Å². The van der Waals surface area contributed by atoms with E-state index in [0.29, 0.717) is 0 Å². The Morgan fingerprint density at radius 3 is 2.27 bits per heavy atom. The summed E-state index contributed by atoms with van der Waals surface area (Å²) >= 11 is 11.8. The number of hydrogen-bond acceptors (Lipinski definition) is 7. The molecule has 22 heavy (non-hydrogen) atoms. The number of carbonyl (C=O) groups is 2. The third-order valence-electron chi connectivity index (χ3n) is 2.38. The van der Waals surface area contributed by atoms with Crippen molar-refractivity contribution in [3.05, 3.63) is 39.7 Å². The van der Waals surface area contributed by atoms with Crippen LogP contribution in [0.4, 0.5) is 5.69 Å². The van der Waals surface area contributed by atoms with Gasteiger partial charge in [0.2, 0.25) is 5.70 Å². The fourth-order valence-corrected chi connectivity index (χ4v) is 1.76. The molecule has 1 aromatic carbocycles. The lowest BCUT2D eigenvalue weighted by Gasteiger charge is -2.04. The highest BCUT2D eigenvalue weighted by Crippen LogP contribution is 2.33. The monoisotopic (exact) mass is 346 g/mol. The molecule has 0 saturated heterocycles. The van der Waals surface area contributed by atoms with E-state index in [4.69, 9.17) is 23.2 Å². The van der Waals surface area contributed by atoms with Gasteiger partial charge in [0.1, 0.15) is 17.9 Å². The van der Waals surface area contributed by atoms with E-state index in [0.717, 1.165) is 14.2 Å². The SMILES string of the molecule is COC(=O)C/C(O)=C(/N=Nc1c(Cl)cccc1Cl)C(=O)OC. The van der Waals surface area contributed by atoms with Gasteiger partial charge in [0.05, 0.1) is 24.3 Å². The molecule has 118 valence electrons. The highest BCUT2D eigenvalue weighted by molar-refractivity contribution is 6.38. The number of ether oxygens (including phenoxy) is 2. The van der Waals surface area contributed by atoms with Crippen LogP contribution in [0, 0.1) is 0 Å². The zero-order valence-corrected chi connectivity index (χ0v) is 13.2. The number of aliphatic hydroxyl groups excluding tert-OH is 1. The molecule has 9 heteroatoms. The first-order valence-electron chi connectivity index (χ1n) is 5.83. The van der Waals surface area contributed by atoms with E-state index in [2.05, 4.69) is 19.7 Å². The second-order valence-electron chi connectivity index (χ2n) is 3.81. The van der Waals surface area contributed by atoms with Crippen molar-refractivity contribution in [2.24, 2.45) is 10.2 Å². The van der Waals surface area contributed by atoms with E-state index >= 15 is 0 Å². The molecule has 0 amide bonds. The summed E-state index contributed by atoms with van der Waals surface area (Å²) in [6, 6.07) is 4.66. The topological polar surface area (TPSA) is 97.5 Å². The van der Waals surface area contributed by atoms with Crippen LogP contribution in [0.1, 0.15) is 6.42 Å². The molecule has 0 atom stereocenters. The predicted octanol–water partition coefficient (Wildman–Crippen LogP) is 3.58. The van der Waals surface area contributed by atoms with Crippen LogP contribution in [0.2, 0.25) is 10.0 Å². The Balaban J connectivity index is 3.19. The average molecular weight is 347 g/mol. The third-order valence-corrected chi connectivity index (χ3v) is 2.99. The van der Waals surface area contributed by atoms with Crippen LogP contribution in [0.3, 0.4) is 0 Å². The van der Waals surface area contributed by atoms with Gasteiger partial charge < -0.3 is 14.6 Å². The Hall–Kier alpha value is -2.12. The number of aliphatic hydroxyl groups is 1. The smallest absolute Gasteiger partial charge is 0.362 e. The first-order chi connectivity index (χ1) is 10.4. The maximum absolute atomic E-state index is 11.6. The van der Waals surface area contributed by atoms with E-state index in [1.165, 1.54) is 12.1 Å². The molecule has 0 bridgehead atoms. The van der Waals surface area contributed by atoms with E-state index in [9.17, 15) is 14.7 Å². The largest absolute Gasteiger partial charge is 0.509 e. The van der Waals surface area contributed by atoms with Crippen molar-refractivity contribution in [3.8, 4) is 0 Å². The van der Waals surface area contributed by atoms with Crippen molar-refractivity contribution in [2.45, 2.75) is 6.42 Å². The van der Waals surface area contributed by atoms with E-state index in [-0.39, 0.29) is 15.7 Å². The van der Waals surface area contributed by atoms with Crippen LogP contribution in [-0.2, 0) is 19.1 Å². The molecule has 1 aromatic rings. The standard InChI is InChI=1S/C13H12Cl2N2O5/c1-21-10(19)6-9(18)12(13(20)22-2)17-16-11-7(14)4-3-5-8(11)15/h3-5,18H,6H2,1-2H3/b12-9-,17-16?. The molecule has 7 nitrogen and oxygen atoms in total. The van der Waals surface area contributed by atoms with Gasteiger partial charge in [-0.05, 0) is 12.1 Å².